The van der Waals surface area contributed by atoms with E-state index >= 15 is 0 Å². The van der Waals surface area contributed by atoms with Gasteiger partial charge in [0.2, 0.25) is 0 Å². The Morgan fingerprint density at radius 2 is 1.89 bits per heavy atom. The third kappa shape index (κ3) is 2.05. The molecule has 1 aliphatic rings. The van der Waals surface area contributed by atoms with Crippen molar-refractivity contribution in [3.63, 3.8) is 0 Å². The minimum absolute atomic E-state index is 0.368. The molecule has 3 rings (SSSR count). The second-order valence-electron chi connectivity index (χ2n) is 5.66. The fourth-order valence-corrected chi connectivity index (χ4v) is 2.89. The summed E-state index contributed by atoms with van der Waals surface area (Å²) >= 11 is 0. The molecule has 1 saturated carbocycles. The molecule has 0 spiro atoms. The van der Waals surface area contributed by atoms with Crippen LogP contribution in [0.25, 0.3) is 0 Å². The molecule has 92 valence electrons. The zero-order chi connectivity index (χ0) is 12.6. The third-order valence-corrected chi connectivity index (χ3v) is 4.25. The topological polar surface area (TPSA) is 12.9 Å². The Bertz CT molecular complexity index is 547. The number of benzene rings is 1. The van der Waals surface area contributed by atoms with Gasteiger partial charge in [-0.3, -0.25) is 4.98 Å². The fourth-order valence-electron chi connectivity index (χ4n) is 2.89. The van der Waals surface area contributed by atoms with Crippen LogP contribution < -0.4 is 0 Å². The van der Waals surface area contributed by atoms with Crippen molar-refractivity contribution in [2.24, 2.45) is 5.92 Å². The van der Waals surface area contributed by atoms with Crippen molar-refractivity contribution in [3.8, 4) is 0 Å². The Labute approximate surface area is 109 Å². The summed E-state index contributed by atoms with van der Waals surface area (Å²) in [6.07, 6.45) is 2.39. The molecule has 1 aliphatic carbocycles. The summed E-state index contributed by atoms with van der Waals surface area (Å²) < 4.78 is 0. The zero-order valence-electron chi connectivity index (χ0n) is 11.1. The number of nitrogens with zero attached hydrogens (tertiary/aromatic N) is 1. The monoisotopic (exact) mass is 237 g/mol. The standard InChI is InChI=1S/C17H19N/c1-13-7-6-10-16(18-13)11-15-12-17(15,2)14-8-4-3-5-9-14/h3-10,15H,11-12H2,1-2H3/t15-,17+/m1/s1. The minimum atomic E-state index is 0.368. The lowest BCUT2D eigenvalue weighted by Crippen LogP contribution is -2.06. The van der Waals surface area contributed by atoms with Crippen LogP contribution in [0.4, 0.5) is 0 Å². The van der Waals surface area contributed by atoms with Crippen molar-refractivity contribution in [1.82, 2.24) is 4.98 Å². The molecule has 1 fully saturated rings. The molecule has 1 heterocycles. The Kier molecular flexibility index (Phi) is 2.70. The van der Waals surface area contributed by atoms with E-state index in [2.05, 4.69) is 67.4 Å². The van der Waals surface area contributed by atoms with Gasteiger partial charge in [-0.25, -0.2) is 0 Å². The maximum absolute atomic E-state index is 4.61. The van der Waals surface area contributed by atoms with Crippen molar-refractivity contribution in [3.05, 3.63) is 65.5 Å². The van der Waals surface area contributed by atoms with Crippen LogP contribution in [0.5, 0.6) is 0 Å². The Morgan fingerprint density at radius 1 is 1.11 bits per heavy atom. The lowest BCUT2D eigenvalue weighted by molar-refractivity contribution is 0.647. The molecular weight excluding hydrogens is 218 g/mol. The highest BCUT2D eigenvalue weighted by Crippen LogP contribution is 2.55. The summed E-state index contributed by atoms with van der Waals surface area (Å²) in [5, 5.41) is 0. The van der Waals surface area contributed by atoms with Crippen LogP contribution in [0.1, 0.15) is 30.3 Å². The number of hydrogen-bond donors (Lipinski definition) is 0. The van der Waals surface area contributed by atoms with E-state index in [9.17, 15) is 0 Å². The molecule has 1 heteroatoms. The highest BCUT2D eigenvalue weighted by Gasteiger charge is 2.50. The number of rotatable bonds is 3. The van der Waals surface area contributed by atoms with E-state index in [0.717, 1.165) is 18.0 Å². The molecule has 0 radical (unpaired) electrons. The minimum Gasteiger partial charge on any atom is -0.258 e. The first kappa shape index (κ1) is 11.5. The lowest BCUT2D eigenvalue weighted by Gasteiger charge is -2.11. The Hall–Kier alpha value is -1.63. The lowest BCUT2D eigenvalue weighted by atomic mass is 9.94. The van der Waals surface area contributed by atoms with Crippen molar-refractivity contribution >= 4 is 0 Å². The Morgan fingerprint density at radius 3 is 2.61 bits per heavy atom. The van der Waals surface area contributed by atoms with Gasteiger partial charge in [0.1, 0.15) is 0 Å². The summed E-state index contributed by atoms with van der Waals surface area (Å²) in [5.41, 5.74) is 4.20. The van der Waals surface area contributed by atoms with Gasteiger partial charge in [-0.05, 0) is 48.8 Å². The summed E-state index contributed by atoms with van der Waals surface area (Å²) in [6.45, 7) is 4.44. The quantitative estimate of drug-likeness (QED) is 0.788. The smallest absolute Gasteiger partial charge is 0.0409 e. The fraction of sp³-hybridized carbons (Fsp3) is 0.353. The third-order valence-electron chi connectivity index (χ3n) is 4.25. The summed E-state index contributed by atoms with van der Waals surface area (Å²) in [6, 6.07) is 17.2. The van der Waals surface area contributed by atoms with Crippen molar-refractivity contribution in [2.75, 3.05) is 0 Å². The number of pyridine rings is 1. The highest BCUT2D eigenvalue weighted by molar-refractivity contribution is 5.33. The number of aromatic nitrogens is 1. The average Bonchev–Trinajstić information content (AvgIpc) is 3.02. The van der Waals surface area contributed by atoms with Gasteiger partial charge in [-0.15, -0.1) is 0 Å². The summed E-state index contributed by atoms with van der Waals surface area (Å²) in [7, 11) is 0. The molecule has 18 heavy (non-hydrogen) atoms. The number of hydrogen-bond acceptors (Lipinski definition) is 1. The van der Waals surface area contributed by atoms with Gasteiger partial charge in [-0.1, -0.05) is 43.3 Å². The van der Waals surface area contributed by atoms with Crippen molar-refractivity contribution < 1.29 is 0 Å². The maximum Gasteiger partial charge on any atom is 0.0409 e. The van der Waals surface area contributed by atoms with E-state index in [-0.39, 0.29) is 0 Å². The molecule has 0 amide bonds. The second kappa shape index (κ2) is 4.24. The van der Waals surface area contributed by atoms with Crippen molar-refractivity contribution in [2.45, 2.75) is 32.1 Å². The van der Waals surface area contributed by atoms with E-state index in [0.29, 0.717) is 5.41 Å². The SMILES string of the molecule is Cc1cccc(C[C@@H]2C[C@@]2(C)c2ccccc2)n1. The van der Waals surface area contributed by atoms with Gasteiger partial charge >= 0.3 is 0 Å². The maximum atomic E-state index is 4.61. The normalized spacial score (nSPS) is 26.0. The van der Waals surface area contributed by atoms with Crippen molar-refractivity contribution in [1.29, 1.82) is 0 Å². The molecule has 2 atom stereocenters. The molecule has 2 aromatic rings. The molecule has 1 aromatic heterocycles. The van der Waals surface area contributed by atoms with Gasteiger partial charge in [0, 0.05) is 11.4 Å². The van der Waals surface area contributed by atoms with Crippen LogP contribution in [0, 0.1) is 12.8 Å². The number of aryl methyl sites for hydroxylation is 1. The predicted octanol–water partition coefficient (Wildman–Crippen LogP) is 3.91. The van der Waals surface area contributed by atoms with E-state index in [1.807, 2.05) is 0 Å². The van der Waals surface area contributed by atoms with Gasteiger partial charge in [-0.2, -0.15) is 0 Å². The van der Waals surface area contributed by atoms with E-state index in [1.54, 1.807) is 0 Å². The molecule has 1 nitrogen and oxygen atoms in total. The van der Waals surface area contributed by atoms with Crippen LogP contribution >= 0.6 is 0 Å². The van der Waals surface area contributed by atoms with Gasteiger partial charge < -0.3 is 0 Å². The molecule has 0 unspecified atom stereocenters. The van der Waals surface area contributed by atoms with Crippen LogP contribution in [-0.4, -0.2) is 4.98 Å². The molecule has 0 aliphatic heterocycles. The van der Waals surface area contributed by atoms with E-state index < -0.39 is 0 Å². The Balaban J connectivity index is 1.75. The average molecular weight is 237 g/mol. The molecule has 0 bridgehead atoms. The summed E-state index contributed by atoms with van der Waals surface area (Å²) in [4.78, 5) is 4.61. The first-order chi connectivity index (χ1) is 8.68. The first-order valence-electron chi connectivity index (χ1n) is 6.66. The van der Waals surface area contributed by atoms with E-state index in [4.69, 9.17) is 0 Å². The zero-order valence-corrected chi connectivity index (χ0v) is 11.1. The van der Waals surface area contributed by atoms with Gasteiger partial charge in [0.05, 0.1) is 0 Å². The molecule has 1 aromatic carbocycles. The molecule has 0 saturated heterocycles. The van der Waals surface area contributed by atoms with E-state index in [1.165, 1.54) is 17.7 Å². The van der Waals surface area contributed by atoms with Crippen LogP contribution in [0.15, 0.2) is 48.5 Å². The van der Waals surface area contributed by atoms with Gasteiger partial charge in [0.25, 0.3) is 0 Å². The van der Waals surface area contributed by atoms with Crippen LogP contribution in [0.2, 0.25) is 0 Å². The first-order valence-corrected chi connectivity index (χ1v) is 6.66. The van der Waals surface area contributed by atoms with Gasteiger partial charge in [0.15, 0.2) is 0 Å². The highest BCUT2D eigenvalue weighted by atomic mass is 14.7. The predicted molar refractivity (Wildman–Crippen MR) is 74.6 cm³/mol. The van der Waals surface area contributed by atoms with Crippen LogP contribution in [-0.2, 0) is 11.8 Å². The molecule has 0 N–H and O–H groups in total. The summed E-state index contributed by atoms with van der Waals surface area (Å²) in [5.74, 6) is 0.745. The molecular formula is C17H19N. The largest absolute Gasteiger partial charge is 0.258 e. The van der Waals surface area contributed by atoms with Crippen LogP contribution in [0.3, 0.4) is 0 Å². The second-order valence-corrected chi connectivity index (χ2v) is 5.66.